The van der Waals surface area contributed by atoms with E-state index in [1.165, 1.54) is 4.88 Å². The number of hydrogen-bond acceptors (Lipinski definition) is 9. The highest BCUT2D eigenvalue weighted by Crippen LogP contribution is 2.44. The molecule has 0 saturated carbocycles. The van der Waals surface area contributed by atoms with Gasteiger partial charge in [-0.1, -0.05) is 55.8 Å². The van der Waals surface area contributed by atoms with Gasteiger partial charge in [-0.3, -0.25) is 10.1 Å². The second kappa shape index (κ2) is 19.6. The van der Waals surface area contributed by atoms with Crippen LogP contribution in [0.15, 0.2) is 53.5 Å². The molecule has 2 aromatic carbocycles. The van der Waals surface area contributed by atoms with Gasteiger partial charge in [0.15, 0.2) is 6.67 Å². The van der Waals surface area contributed by atoms with E-state index in [2.05, 4.69) is 45.3 Å². The molecule has 2 atom stereocenters. The molecule has 13 heteroatoms. The molecule has 2 heterocycles. The average molecular weight is 757 g/mol. The molecular formula is C39H55ClN5O6S+. The smallest absolute Gasteiger partial charge is 0.428 e. The number of quaternary nitrogens is 1. The van der Waals surface area contributed by atoms with Crippen LogP contribution in [0, 0.1) is 19.3 Å². The van der Waals surface area contributed by atoms with Crippen LogP contribution in [-0.4, -0.2) is 89.7 Å². The van der Waals surface area contributed by atoms with Crippen molar-refractivity contribution in [3.8, 4) is 5.75 Å². The Morgan fingerprint density at radius 3 is 2.17 bits per heavy atom. The number of benzene rings is 2. The molecule has 0 fully saturated rings. The molecule has 52 heavy (non-hydrogen) atoms. The number of carbonyl (C=O) groups excluding carboxylic acids is 2. The molecule has 11 nitrogen and oxygen atoms in total. The summed E-state index contributed by atoms with van der Waals surface area (Å²) >= 11 is 7.81. The average Bonchev–Trinajstić information content (AvgIpc) is 3.43. The SMILES string of the molecule is CC[N+]1(C(=O)Nc2ccc(OCCOCCOCCOCCNC(=O)C(N)CCC(C)(C)C)cc2)CN=C(c2ccc(Cl)cc2)c2c1sc(C)c2C. The Balaban J connectivity index is 1.12. The van der Waals surface area contributed by atoms with Gasteiger partial charge >= 0.3 is 6.03 Å². The predicted molar refractivity (Wildman–Crippen MR) is 211 cm³/mol. The zero-order valence-corrected chi connectivity index (χ0v) is 33.0. The zero-order chi connectivity index (χ0) is 37.7. The highest BCUT2D eigenvalue weighted by atomic mass is 35.5. The summed E-state index contributed by atoms with van der Waals surface area (Å²) < 4.78 is 22.6. The predicted octanol–water partition coefficient (Wildman–Crippen LogP) is 7.08. The minimum atomic E-state index is -0.495. The van der Waals surface area contributed by atoms with Crippen LogP contribution in [0.3, 0.4) is 0 Å². The molecule has 1 aliphatic heterocycles. The number of nitrogens with two attached hydrogens (primary N) is 1. The summed E-state index contributed by atoms with van der Waals surface area (Å²) in [5.41, 5.74) is 10.9. The standard InChI is InChI=1S/C39H54ClN5O6S/c1-7-45(26-43-35(29-8-10-30(40)11-9-29)34-27(2)28(3)52-37(34)45)38(47)44-31-12-14-32(15-13-31)51-25-24-50-23-22-49-21-20-48-19-18-42-36(46)33(41)16-17-39(4,5)6/h8-15,33H,7,16-26,41H2,1-6H3,(H-,42,44,46,47)/p+1. The minimum Gasteiger partial charge on any atom is -0.491 e. The highest BCUT2D eigenvalue weighted by molar-refractivity contribution is 7.16. The summed E-state index contributed by atoms with van der Waals surface area (Å²) in [6, 6.07) is 14.4. The number of aryl methyl sites for hydroxylation is 1. The number of carbonyl (C=O) groups is 2. The molecule has 3 aromatic rings. The van der Waals surface area contributed by atoms with Crippen molar-refractivity contribution >= 4 is 51.3 Å². The van der Waals surface area contributed by atoms with E-state index in [1.807, 2.05) is 55.5 Å². The number of ether oxygens (including phenoxy) is 4. The number of hydrogen-bond donors (Lipinski definition) is 3. The van der Waals surface area contributed by atoms with E-state index in [4.69, 9.17) is 41.3 Å². The molecule has 1 aliphatic rings. The van der Waals surface area contributed by atoms with E-state index in [-0.39, 0.29) is 21.8 Å². The summed E-state index contributed by atoms with van der Waals surface area (Å²) in [5, 5.41) is 7.61. The fourth-order valence-electron chi connectivity index (χ4n) is 5.63. The van der Waals surface area contributed by atoms with Gasteiger partial charge < -0.3 is 30.0 Å². The van der Waals surface area contributed by atoms with Gasteiger partial charge in [0.2, 0.25) is 10.9 Å². The van der Waals surface area contributed by atoms with Gasteiger partial charge in [-0.05, 0) is 81.0 Å². The second-order valence-electron chi connectivity index (χ2n) is 14.0. The summed E-state index contributed by atoms with van der Waals surface area (Å²) in [7, 11) is 0. The maximum absolute atomic E-state index is 14.0. The highest BCUT2D eigenvalue weighted by Gasteiger charge is 2.46. The fraction of sp³-hybridized carbons (Fsp3) is 0.513. The van der Waals surface area contributed by atoms with Crippen LogP contribution in [0.25, 0.3) is 0 Å². The van der Waals surface area contributed by atoms with Crippen molar-refractivity contribution in [3.05, 3.63) is 75.1 Å². The Morgan fingerprint density at radius 2 is 1.56 bits per heavy atom. The number of aliphatic imine (C=N–C) groups is 1. The Labute approximate surface area is 317 Å². The van der Waals surface area contributed by atoms with E-state index < -0.39 is 6.04 Å². The third kappa shape index (κ3) is 11.6. The number of halogens is 1. The quantitative estimate of drug-likeness (QED) is 0.0880. The van der Waals surface area contributed by atoms with Crippen LogP contribution >= 0.6 is 22.9 Å². The monoisotopic (exact) mass is 756 g/mol. The van der Waals surface area contributed by atoms with E-state index in [9.17, 15) is 9.59 Å². The lowest BCUT2D eigenvalue weighted by Crippen LogP contribution is -2.58. The van der Waals surface area contributed by atoms with Gasteiger partial charge in [0.05, 0.1) is 63.5 Å². The van der Waals surface area contributed by atoms with Gasteiger partial charge in [0.1, 0.15) is 12.4 Å². The van der Waals surface area contributed by atoms with Gasteiger partial charge in [0.25, 0.3) is 0 Å². The molecule has 3 amide bonds. The summed E-state index contributed by atoms with van der Waals surface area (Å²) in [6.07, 6.45) is 1.55. The van der Waals surface area contributed by atoms with Crippen molar-refractivity contribution in [2.75, 3.05) is 71.3 Å². The normalized spacial score (nSPS) is 16.2. The van der Waals surface area contributed by atoms with Gasteiger partial charge in [0, 0.05) is 27.7 Å². The third-order valence-corrected chi connectivity index (χ3v) is 10.6. The van der Waals surface area contributed by atoms with E-state index in [0.717, 1.165) is 33.8 Å². The lowest BCUT2D eigenvalue weighted by atomic mass is 9.89. The number of urea groups is 1. The summed E-state index contributed by atoms with van der Waals surface area (Å²) in [6.45, 7) is 16.8. The van der Waals surface area contributed by atoms with Gasteiger partial charge in [-0.2, -0.15) is 4.48 Å². The zero-order valence-electron chi connectivity index (χ0n) is 31.4. The van der Waals surface area contributed by atoms with Crippen LogP contribution in [-0.2, 0) is 19.0 Å². The Morgan fingerprint density at radius 1 is 0.942 bits per heavy atom. The van der Waals surface area contributed by atoms with Crippen molar-refractivity contribution in [1.29, 1.82) is 0 Å². The van der Waals surface area contributed by atoms with Gasteiger partial charge in [-0.25, -0.2) is 9.79 Å². The molecule has 2 unspecified atom stereocenters. The van der Waals surface area contributed by atoms with Crippen LogP contribution < -0.4 is 25.6 Å². The van der Waals surface area contributed by atoms with Crippen molar-refractivity contribution in [2.45, 2.75) is 60.4 Å². The first-order valence-corrected chi connectivity index (χ1v) is 19.1. The lowest BCUT2D eigenvalue weighted by Gasteiger charge is -2.35. The number of thiophene rings is 1. The number of rotatable bonds is 19. The van der Waals surface area contributed by atoms with Crippen molar-refractivity contribution in [3.63, 3.8) is 0 Å². The second-order valence-corrected chi connectivity index (χ2v) is 15.7. The van der Waals surface area contributed by atoms with Crippen molar-refractivity contribution in [1.82, 2.24) is 9.80 Å². The first-order valence-electron chi connectivity index (χ1n) is 17.9. The molecule has 284 valence electrons. The molecule has 0 spiro atoms. The van der Waals surface area contributed by atoms with Gasteiger partial charge in [-0.15, -0.1) is 0 Å². The van der Waals surface area contributed by atoms with Crippen LogP contribution in [0.4, 0.5) is 15.5 Å². The number of nitrogens with one attached hydrogen (secondary N) is 2. The molecule has 0 aliphatic carbocycles. The molecule has 0 bridgehead atoms. The molecule has 0 radical (unpaired) electrons. The molecular weight excluding hydrogens is 702 g/mol. The van der Waals surface area contributed by atoms with Crippen LogP contribution in [0.2, 0.25) is 5.02 Å². The van der Waals surface area contributed by atoms with Crippen molar-refractivity contribution in [2.24, 2.45) is 16.1 Å². The maximum Gasteiger partial charge on any atom is 0.428 e. The van der Waals surface area contributed by atoms with Crippen LogP contribution in [0.1, 0.15) is 62.1 Å². The molecule has 4 rings (SSSR count). The van der Waals surface area contributed by atoms with Crippen molar-refractivity contribution < 1.29 is 28.5 Å². The number of anilines is 1. The van der Waals surface area contributed by atoms with Crippen LogP contribution in [0.5, 0.6) is 5.75 Å². The topological polar surface area (TPSA) is 134 Å². The molecule has 1 aromatic heterocycles. The maximum atomic E-state index is 14.0. The van der Waals surface area contributed by atoms with E-state index in [0.29, 0.717) is 88.9 Å². The first kappa shape index (κ1) is 41.4. The Bertz CT molecular complexity index is 1640. The summed E-state index contributed by atoms with van der Waals surface area (Å²) in [5.74, 6) is 0.536. The number of fused-ring (bicyclic) bond motifs is 1. The van der Waals surface area contributed by atoms with E-state index in [1.54, 1.807) is 11.3 Å². The number of amides is 3. The molecule has 0 saturated heterocycles. The largest absolute Gasteiger partial charge is 0.491 e. The Hall–Kier alpha value is -3.36. The molecule has 4 N–H and O–H groups in total. The third-order valence-electron chi connectivity index (χ3n) is 8.94. The summed E-state index contributed by atoms with van der Waals surface area (Å²) in [4.78, 5) is 32.2. The Kier molecular flexibility index (Phi) is 15.6. The first-order chi connectivity index (χ1) is 24.8. The van der Waals surface area contributed by atoms with E-state index >= 15 is 0 Å². The lowest BCUT2D eigenvalue weighted by molar-refractivity contribution is -0.122. The minimum absolute atomic E-state index is 0.0888. The fourth-order valence-corrected chi connectivity index (χ4v) is 7.10. The number of nitrogens with zero attached hydrogens (tertiary/aromatic N) is 2.